The molecular weight excluding hydrogens is 611 g/mol. The molecule has 5 nitrogen and oxygen atoms in total. The minimum absolute atomic E-state index is 0.583. The largest absolute Gasteiger partial charge is 0.309 e. The van der Waals surface area contributed by atoms with Crippen LogP contribution in [0.1, 0.15) is 0 Å². The minimum atomic E-state index is 0.583. The number of aromatic nitrogens is 5. The second-order valence-corrected chi connectivity index (χ2v) is 12.5. The Hall–Kier alpha value is -6.85. The van der Waals surface area contributed by atoms with Gasteiger partial charge in [0.15, 0.2) is 11.6 Å². The molecule has 0 N–H and O–H groups in total. The highest BCUT2D eigenvalue weighted by Crippen LogP contribution is 2.43. The SMILES string of the molecule is c1ccc(-c2nc(-c3ccccc3)nc(-n3c4ccccc4c4c(-c5cccc6c5c5ccccc5n6-c5ccccc5)cccc43)n2)cc1. The highest BCUT2D eigenvalue weighted by atomic mass is 15.2. The zero-order valence-corrected chi connectivity index (χ0v) is 27.0. The van der Waals surface area contributed by atoms with E-state index in [1.165, 1.54) is 32.9 Å². The van der Waals surface area contributed by atoms with Crippen molar-refractivity contribution in [2.24, 2.45) is 0 Å². The third-order valence-electron chi connectivity index (χ3n) is 9.59. The summed E-state index contributed by atoms with van der Waals surface area (Å²) in [5.41, 5.74) is 9.81. The summed E-state index contributed by atoms with van der Waals surface area (Å²) in [6, 6.07) is 61.4. The number of fused-ring (bicyclic) bond motifs is 6. The van der Waals surface area contributed by atoms with Gasteiger partial charge in [-0.25, -0.2) is 4.98 Å². The minimum Gasteiger partial charge on any atom is -0.309 e. The molecule has 10 aromatic rings. The van der Waals surface area contributed by atoms with Gasteiger partial charge in [-0.1, -0.05) is 140 Å². The predicted molar refractivity (Wildman–Crippen MR) is 205 cm³/mol. The third kappa shape index (κ3) is 4.37. The quantitative estimate of drug-likeness (QED) is 0.188. The lowest BCUT2D eigenvalue weighted by molar-refractivity contribution is 0.953. The maximum absolute atomic E-state index is 5.14. The Bertz CT molecular complexity index is 2800. The highest BCUT2D eigenvalue weighted by molar-refractivity contribution is 6.22. The van der Waals surface area contributed by atoms with Crippen LogP contribution in [0.4, 0.5) is 0 Å². The average Bonchev–Trinajstić information content (AvgIpc) is 3.72. The fourth-order valence-corrected chi connectivity index (χ4v) is 7.46. The van der Waals surface area contributed by atoms with Crippen molar-refractivity contribution in [3.8, 4) is 45.5 Å². The lowest BCUT2D eigenvalue weighted by Gasteiger charge is -2.12. The Kier molecular flexibility index (Phi) is 6.42. The number of hydrogen-bond acceptors (Lipinski definition) is 3. The summed E-state index contributed by atoms with van der Waals surface area (Å²) in [7, 11) is 0. The molecular formula is C45H29N5. The van der Waals surface area contributed by atoms with Crippen LogP contribution in [0.5, 0.6) is 0 Å². The molecule has 234 valence electrons. The molecule has 3 heterocycles. The molecule has 0 aliphatic heterocycles. The number of benzene rings is 7. The van der Waals surface area contributed by atoms with E-state index >= 15 is 0 Å². The molecule has 0 aliphatic rings. The summed E-state index contributed by atoms with van der Waals surface area (Å²) >= 11 is 0. The van der Waals surface area contributed by atoms with Gasteiger partial charge < -0.3 is 4.57 Å². The predicted octanol–water partition coefficient (Wildman–Crippen LogP) is 11.1. The van der Waals surface area contributed by atoms with E-state index in [1.54, 1.807) is 0 Å². The first-order valence-corrected chi connectivity index (χ1v) is 16.8. The normalized spacial score (nSPS) is 11.6. The molecule has 3 aromatic heterocycles. The van der Waals surface area contributed by atoms with Gasteiger partial charge in [-0.15, -0.1) is 0 Å². The summed E-state index contributed by atoms with van der Waals surface area (Å²) in [6.45, 7) is 0. The molecule has 5 heteroatoms. The number of hydrogen-bond donors (Lipinski definition) is 0. The van der Waals surface area contributed by atoms with Crippen molar-refractivity contribution in [2.75, 3.05) is 0 Å². The van der Waals surface area contributed by atoms with Gasteiger partial charge in [0.25, 0.3) is 0 Å². The van der Waals surface area contributed by atoms with Gasteiger partial charge in [0.05, 0.1) is 22.1 Å². The summed E-state index contributed by atoms with van der Waals surface area (Å²) < 4.78 is 4.57. The molecule has 0 saturated heterocycles. The number of nitrogens with zero attached hydrogens (tertiary/aromatic N) is 5. The number of para-hydroxylation sites is 3. The van der Waals surface area contributed by atoms with Crippen LogP contribution in [-0.4, -0.2) is 24.1 Å². The molecule has 0 saturated carbocycles. The smallest absolute Gasteiger partial charge is 0.238 e. The Morgan fingerprint density at radius 1 is 0.320 bits per heavy atom. The number of rotatable bonds is 5. The van der Waals surface area contributed by atoms with Gasteiger partial charge in [0, 0.05) is 38.4 Å². The fourth-order valence-electron chi connectivity index (χ4n) is 7.46. The van der Waals surface area contributed by atoms with Crippen molar-refractivity contribution in [1.29, 1.82) is 0 Å². The van der Waals surface area contributed by atoms with Crippen LogP contribution in [0.25, 0.3) is 89.2 Å². The van der Waals surface area contributed by atoms with Crippen LogP contribution >= 0.6 is 0 Å². The Morgan fingerprint density at radius 2 is 0.740 bits per heavy atom. The zero-order valence-electron chi connectivity index (χ0n) is 27.0. The van der Waals surface area contributed by atoms with Gasteiger partial charge >= 0.3 is 0 Å². The molecule has 0 radical (unpaired) electrons. The second-order valence-electron chi connectivity index (χ2n) is 12.5. The van der Waals surface area contributed by atoms with Gasteiger partial charge in [-0.2, -0.15) is 9.97 Å². The van der Waals surface area contributed by atoms with E-state index in [0.717, 1.165) is 38.6 Å². The first-order chi connectivity index (χ1) is 24.8. The van der Waals surface area contributed by atoms with Crippen LogP contribution in [0.15, 0.2) is 176 Å². The lowest BCUT2D eigenvalue weighted by Crippen LogP contribution is -2.06. The van der Waals surface area contributed by atoms with E-state index in [9.17, 15) is 0 Å². The summed E-state index contributed by atoms with van der Waals surface area (Å²) in [6.07, 6.45) is 0. The molecule has 50 heavy (non-hydrogen) atoms. The standard InChI is InChI=1S/C45H29N5/c1-4-16-30(17-5-1)43-46-44(31-18-6-2-7-19-31)48-45(47-43)50-38-27-13-11-23-36(38)42-34(25-15-29-40(42)50)33-24-14-28-39-41(33)35-22-10-12-26-37(35)49(39)32-20-8-3-9-21-32/h1-29H. The Morgan fingerprint density at radius 3 is 1.28 bits per heavy atom. The average molecular weight is 640 g/mol. The first-order valence-electron chi connectivity index (χ1n) is 16.8. The van der Waals surface area contributed by atoms with E-state index in [4.69, 9.17) is 15.0 Å². The lowest BCUT2D eigenvalue weighted by atomic mass is 9.95. The molecule has 0 bridgehead atoms. The van der Waals surface area contributed by atoms with Crippen LogP contribution in [0.2, 0.25) is 0 Å². The Labute approximate surface area is 288 Å². The van der Waals surface area contributed by atoms with Crippen molar-refractivity contribution < 1.29 is 0 Å². The summed E-state index contributed by atoms with van der Waals surface area (Å²) in [4.78, 5) is 15.2. The maximum atomic E-state index is 5.14. The monoisotopic (exact) mass is 639 g/mol. The second kappa shape index (κ2) is 11.4. The third-order valence-corrected chi connectivity index (χ3v) is 9.59. The van der Waals surface area contributed by atoms with E-state index in [1.807, 2.05) is 60.7 Å². The molecule has 0 spiro atoms. The molecule has 10 rings (SSSR count). The zero-order chi connectivity index (χ0) is 33.0. The van der Waals surface area contributed by atoms with E-state index < -0.39 is 0 Å². The van der Waals surface area contributed by atoms with Crippen LogP contribution in [0.3, 0.4) is 0 Å². The van der Waals surface area contributed by atoms with E-state index in [0.29, 0.717) is 17.6 Å². The summed E-state index contributed by atoms with van der Waals surface area (Å²) in [5.74, 6) is 1.85. The molecule has 0 aliphatic carbocycles. The van der Waals surface area contributed by atoms with Crippen LogP contribution in [-0.2, 0) is 0 Å². The van der Waals surface area contributed by atoms with Gasteiger partial charge in [-0.05, 0) is 47.5 Å². The van der Waals surface area contributed by atoms with Crippen molar-refractivity contribution in [3.05, 3.63) is 176 Å². The fraction of sp³-hybridized carbons (Fsp3) is 0. The van der Waals surface area contributed by atoms with Crippen molar-refractivity contribution in [1.82, 2.24) is 24.1 Å². The molecule has 7 aromatic carbocycles. The molecule has 0 unspecified atom stereocenters. The van der Waals surface area contributed by atoms with Crippen molar-refractivity contribution >= 4 is 43.6 Å². The first kappa shape index (κ1) is 28.2. The van der Waals surface area contributed by atoms with Gasteiger partial charge in [-0.3, -0.25) is 4.57 Å². The van der Waals surface area contributed by atoms with Gasteiger partial charge in [0.1, 0.15) is 0 Å². The van der Waals surface area contributed by atoms with Crippen molar-refractivity contribution in [2.45, 2.75) is 0 Å². The van der Waals surface area contributed by atoms with Gasteiger partial charge in [0.2, 0.25) is 5.95 Å². The van der Waals surface area contributed by atoms with Crippen LogP contribution in [0, 0.1) is 0 Å². The molecule has 0 amide bonds. The Balaban J connectivity index is 1.28. The highest BCUT2D eigenvalue weighted by Gasteiger charge is 2.22. The summed E-state index contributed by atoms with van der Waals surface area (Å²) in [5, 5.41) is 4.76. The molecule has 0 atom stereocenters. The van der Waals surface area contributed by atoms with E-state index in [-0.39, 0.29) is 0 Å². The van der Waals surface area contributed by atoms with Crippen molar-refractivity contribution in [3.63, 3.8) is 0 Å². The molecule has 0 fully saturated rings. The van der Waals surface area contributed by atoms with Crippen LogP contribution < -0.4 is 0 Å². The van der Waals surface area contributed by atoms with E-state index in [2.05, 4.69) is 124 Å². The topological polar surface area (TPSA) is 48.5 Å². The maximum Gasteiger partial charge on any atom is 0.238 e.